The van der Waals surface area contributed by atoms with Gasteiger partial charge in [-0.15, -0.1) is 0 Å². The molecule has 0 saturated carbocycles. The van der Waals surface area contributed by atoms with Gasteiger partial charge in [-0.25, -0.2) is 19.3 Å². The van der Waals surface area contributed by atoms with Crippen molar-refractivity contribution in [2.24, 2.45) is 0 Å². The minimum Gasteiger partial charge on any atom is -0.478 e. The van der Waals surface area contributed by atoms with Gasteiger partial charge >= 0.3 is 0 Å². The van der Waals surface area contributed by atoms with Crippen LogP contribution in [0.25, 0.3) is 22.3 Å². The van der Waals surface area contributed by atoms with Crippen LogP contribution in [0, 0.1) is 5.82 Å². The van der Waals surface area contributed by atoms with Crippen LogP contribution >= 0.6 is 11.6 Å². The van der Waals surface area contributed by atoms with Crippen molar-refractivity contribution in [3.63, 3.8) is 0 Å². The Morgan fingerprint density at radius 3 is 2.82 bits per heavy atom. The fourth-order valence-electron chi connectivity index (χ4n) is 2.86. The normalized spacial score (nSPS) is 10.8. The third-order valence-corrected chi connectivity index (χ3v) is 4.33. The summed E-state index contributed by atoms with van der Waals surface area (Å²) in [5, 5.41) is 4.58. The van der Waals surface area contributed by atoms with Gasteiger partial charge in [0, 0.05) is 40.1 Å². The van der Waals surface area contributed by atoms with E-state index in [2.05, 4.69) is 20.3 Å². The molecular formula is C21H16ClFN4O. The molecule has 0 atom stereocenters. The van der Waals surface area contributed by atoms with Gasteiger partial charge in [-0.2, -0.15) is 0 Å². The number of anilines is 2. The van der Waals surface area contributed by atoms with Gasteiger partial charge in [0.05, 0.1) is 18.0 Å². The second kappa shape index (κ2) is 7.78. The lowest BCUT2D eigenvalue weighted by Crippen LogP contribution is -1.99. The van der Waals surface area contributed by atoms with E-state index in [0.29, 0.717) is 34.4 Å². The van der Waals surface area contributed by atoms with E-state index >= 15 is 0 Å². The second-order valence-corrected chi connectivity index (χ2v) is 6.43. The van der Waals surface area contributed by atoms with E-state index in [9.17, 15) is 4.39 Å². The summed E-state index contributed by atoms with van der Waals surface area (Å²) in [6.07, 6.45) is 3.31. The fraction of sp³-hybridized carbons (Fsp3) is 0.0952. The van der Waals surface area contributed by atoms with Crippen LogP contribution in [0.3, 0.4) is 0 Å². The summed E-state index contributed by atoms with van der Waals surface area (Å²) in [7, 11) is 0. The SMILES string of the molecule is CCOc1cc(Nc2cc(-c3cc(Cl)ccc3F)nc3ncccc23)ccn1. The zero-order chi connectivity index (χ0) is 19.5. The van der Waals surface area contributed by atoms with E-state index < -0.39 is 5.82 Å². The predicted molar refractivity (Wildman–Crippen MR) is 109 cm³/mol. The van der Waals surface area contributed by atoms with Crippen molar-refractivity contribution in [2.45, 2.75) is 6.92 Å². The first kappa shape index (κ1) is 18.1. The van der Waals surface area contributed by atoms with E-state index in [1.807, 2.05) is 25.1 Å². The number of hydrogen-bond donors (Lipinski definition) is 1. The number of ether oxygens (including phenoxy) is 1. The highest BCUT2D eigenvalue weighted by atomic mass is 35.5. The molecule has 0 spiro atoms. The van der Waals surface area contributed by atoms with Gasteiger partial charge in [-0.3, -0.25) is 0 Å². The van der Waals surface area contributed by atoms with Crippen LogP contribution in [-0.2, 0) is 0 Å². The number of pyridine rings is 3. The lowest BCUT2D eigenvalue weighted by atomic mass is 10.1. The van der Waals surface area contributed by atoms with E-state index in [1.165, 1.54) is 12.1 Å². The third kappa shape index (κ3) is 3.73. The molecule has 3 heterocycles. The van der Waals surface area contributed by atoms with Crippen LogP contribution < -0.4 is 10.1 Å². The molecule has 0 aliphatic heterocycles. The van der Waals surface area contributed by atoms with Crippen LogP contribution in [0.15, 0.2) is 60.9 Å². The Morgan fingerprint density at radius 2 is 1.96 bits per heavy atom. The van der Waals surface area contributed by atoms with E-state index in [1.54, 1.807) is 30.6 Å². The molecular weight excluding hydrogens is 379 g/mol. The summed E-state index contributed by atoms with van der Waals surface area (Å²) < 4.78 is 19.8. The number of benzene rings is 1. The van der Waals surface area contributed by atoms with Gasteiger partial charge in [-0.1, -0.05) is 11.6 Å². The lowest BCUT2D eigenvalue weighted by Gasteiger charge is -2.13. The Kier molecular flexibility index (Phi) is 5.04. The lowest BCUT2D eigenvalue weighted by molar-refractivity contribution is 0.327. The number of fused-ring (bicyclic) bond motifs is 1. The van der Waals surface area contributed by atoms with Crippen LogP contribution in [-0.4, -0.2) is 21.6 Å². The molecule has 140 valence electrons. The molecule has 28 heavy (non-hydrogen) atoms. The maximum absolute atomic E-state index is 14.4. The summed E-state index contributed by atoms with van der Waals surface area (Å²) in [6, 6.07) is 13.5. The summed E-state index contributed by atoms with van der Waals surface area (Å²) in [5.41, 5.74) is 2.77. The maximum Gasteiger partial charge on any atom is 0.215 e. The van der Waals surface area contributed by atoms with Gasteiger partial charge in [0.25, 0.3) is 0 Å². The minimum atomic E-state index is -0.402. The van der Waals surface area contributed by atoms with E-state index in [-0.39, 0.29) is 0 Å². The molecule has 1 N–H and O–H groups in total. The van der Waals surface area contributed by atoms with Crippen LogP contribution in [0.4, 0.5) is 15.8 Å². The van der Waals surface area contributed by atoms with Crippen molar-refractivity contribution >= 4 is 34.0 Å². The molecule has 0 aliphatic rings. The average molecular weight is 395 g/mol. The van der Waals surface area contributed by atoms with Crippen molar-refractivity contribution in [3.8, 4) is 17.1 Å². The Bertz CT molecular complexity index is 1150. The van der Waals surface area contributed by atoms with Gasteiger partial charge < -0.3 is 10.1 Å². The number of hydrogen-bond acceptors (Lipinski definition) is 5. The van der Waals surface area contributed by atoms with Gasteiger partial charge in [0.15, 0.2) is 5.65 Å². The van der Waals surface area contributed by atoms with Crippen molar-refractivity contribution in [1.82, 2.24) is 15.0 Å². The minimum absolute atomic E-state index is 0.313. The van der Waals surface area contributed by atoms with Crippen LogP contribution in [0.1, 0.15) is 6.92 Å². The van der Waals surface area contributed by atoms with Crippen molar-refractivity contribution < 1.29 is 9.13 Å². The van der Waals surface area contributed by atoms with Gasteiger partial charge in [0.2, 0.25) is 5.88 Å². The predicted octanol–water partition coefficient (Wildman–Crippen LogP) is 5.63. The Balaban J connectivity index is 1.83. The molecule has 5 nitrogen and oxygen atoms in total. The number of nitrogens with one attached hydrogen (secondary N) is 1. The molecule has 7 heteroatoms. The van der Waals surface area contributed by atoms with E-state index in [0.717, 1.165) is 16.8 Å². The summed E-state index contributed by atoms with van der Waals surface area (Å²) >= 11 is 6.06. The van der Waals surface area contributed by atoms with Gasteiger partial charge in [0.1, 0.15) is 5.82 Å². The smallest absolute Gasteiger partial charge is 0.215 e. The third-order valence-electron chi connectivity index (χ3n) is 4.09. The monoisotopic (exact) mass is 394 g/mol. The maximum atomic E-state index is 14.4. The summed E-state index contributed by atoms with van der Waals surface area (Å²) in [4.78, 5) is 13.0. The quantitative estimate of drug-likeness (QED) is 0.475. The number of aromatic nitrogens is 3. The zero-order valence-electron chi connectivity index (χ0n) is 15.0. The molecule has 3 aromatic heterocycles. The Morgan fingerprint density at radius 1 is 1.07 bits per heavy atom. The molecule has 0 amide bonds. The molecule has 0 radical (unpaired) electrons. The highest BCUT2D eigenvalue weighted by Crippen LogP contribution is 2.32. The fourth-order valence-corrected chi connectivity index (χ4v) is 3.03. The van der Waals surface area contributed by atoms with Crippen molar-refractivity contribution in [1.29, 1.82) is 0 Å². The average Bonchev–Trinajstić information content (AvgIpc) is 2.70. The Hall–Kier alpha value is -3.25. The molecule has 1 aromatic carbocycles. The summed E-state index contributed by atoms with van der Waals surface area (Å²) in [5.74, 6) is 0.116. The Labute approximate surface area is 166 Å². The van der Waals surface area contributed by atoms with Crippen molar-refractivity contribution in [3.05, 3.63) is 71.8 Å². The second-order valence-electron chi connectivity index (χ2n) is 5.99. The topological polar surface area (TPSA) is 59.9 Å². The molecule has 0 unspecified atom stereocenters. The van der Waals surface area contributed by atoms with Crippen molar-refractivity contribution in [2.75, 3.05) is 11.9 Å². The zero-order valence-corrected chi connectivity index (χ0v) is 15.7. The summed E-state index contributed by atoms with van der Waals surface area (Å²) in [6.45, 7) is 2.42. The van der Waals surface area contributed by atoms with Crippen LogP contribution in [0.2, 0.25) is 5.02 Å². The number of rotatable bonds is 5. The molecule has 0 aliphatic carbocycles. The largest absolute Gasteiger partial charge is 0.478 e. The first-order valence-corrected chi connectivity index (χ1v) is 9.09. The van der Waals surface area contributed by atoms with E-state index in [4.69, 9.17) is 16.3 Å². The van der Waals surface area contributed by atoms with Crippen LogP contribution in [0.5, 0.6) is 5.88 Å². The van der Waals surface area contributed by atoms with Gasteiger partial charge in [-0.05, 0) is 49.4 Å². The molecule has 4 rings (SSSR count). The number of halogens is 2. The number of nitrogens with zero attached hydrogens (tertiary/aromatic N) is 3. The highest BCUT2D eigenvalue weighted by molar-refractivity contribution is 6.30. The molecule has 0 fully saturated rings. The molecule has 0 bridgehead atoms. The standard InChI is InChI=1S/C21H16ClFN4O/c1-2-28-20-11-14(7-9-24-20)26-18-12-19(16-10-13(22)5-6-17(16)23)27-21-15(18)4-3-8-25-21/h3-12H,2H2,1H3,(H,24,25,26,27). The first-order chi connectivity index (χ1) is 13.6. The highest BCUT2D eigenvalue weighted by Gasteiger charge is 2.13. The molecule has 4 aromatic rings. The first-order valence-electron chi connectivity index (χ1n) is 8.71. The molecule has 0 saturated heterocycles.